The Morgan fingerprint density at radius 3 is 0.933 bits per heavy atom. The average Bonchev–Trinajstić information content (AvgIpc) is 1.22. The van der Waals surface area contributed by atoms with Crippen molar-refractivity contribution >= 4 is 28.6 Å². The maximum Gasteiger partial charge on any atom is 0.0649 e. The number of benzene rings is 5. The third kappa shape index (κ3) is 37.2. The molecule has 0 aliphatic heterocycles. The molecule has 0 amide bonds. The number of hydrogen-bond donors (Lipinski definition) is 0. The lowest BCUT2D eigenvalue weighted by Crippen LogP contribution is -2.10. The van der Waals surface area contributed by atoms with Crippen LogP contribution in [0.4, 0.5) is 0 Å². The summed E-state index contributed by atoms with van der Waals surface area (Å²) in [6, 6.07) is 34.1. The molecule has 5 aromatic rings. The van der Waals surface area contributed by atoms with Crippen molar-refractivity contribution in [1.29, 1.82) is 0 Å². The van der Waals surface area contributed by atoms with Gasteiger partial charge in [0.2, 0.25) is 0 Å². The van der Waals surface area contributed by atoms with Crippen LogP contribution in [0, 0.1) is 0 Å². The van der Waals surface area contributed by atoms with Crippen LogP contribution in [0.3, 0.4) is 0 Å². The van der Waals surface area contributed by atoms with E-state index >= 15 is 0 Å². The van der Waals surface area contributed by atoms with Crippen LogP contribution in [0.1, 0.15) is 284 Å². The van der Waals surface area contributed by atoms with Gasteiger partial charge in [-0.05, 0) is 223 Å². The van der Waals surface area contributed by atoms with Crippen molar-refractivity contribution in [2.45, 2.75) is 277 Å². The van der Waals surface area contributed by atoms with E-state index in [0.29, 0.717) is 12.1 Å². The molecule has 0 radical (unpaired) electrons. The largest absolute Gasteiger partial charge is 0.303 e. The summed E-state index contributed by atoms with van der Waals surface area (Å²) in [5.41, 5.74) is 26.2. The van der Waals surface area contributed by atoms with Gasteiger partial charge in [0.15, 0.2) is 0 Å². The molecule has 0 fully saturated rings. The van der Waals surface area contributed by atoms with Crippen LogP contribution in [-0.4, -0.2) is 98.0 Å². The number of aliphatic imine (C=N–C) groups is 2. The highest BCUT2D eigenvalue weighted by Gasteiger charge is 2.11. The summed E-state index contributed by atoms with van der Waals surface area (Å²) >= 11 is 0. The van der Waals surface area contributed by atoms with Crippen molar-refractivity contribution < 1.29 is 0 Å². The predicted molar refractivity (Wildman–Crippen MR) is 415 cm³/mol. The molecule has 0 aliphatic carbocycles. The topological polar surface area (TPSA) is 71.5 Å². The Morgan fingerprint density at radius 1 is 0.300 bits per heavy atom. The van der Waals surface area contributed by atoms with Gasteiger partial charge < -0.3 is 15.0 Å². The molecule has 0 spiro atoms. The van der Waals surface area contributed by atoms with Crippen LogP contribution in [0.25, 0.3) is 0 Å². The van der Waals surface area contributed by atoms with Gasteiger partial charge in [-0.3, -0.25) is 9.98 Å². The average molecular weight is 1240 g/mol. The summed E-state index contributed by atoms with van der Waals surface area (Å²) in [6.07, 6.45) is 10.9. The molecule has 5 aromatic carbocycles. The summed E-state index contributed by atoms with van der Waals surface area (Å²) in [7, 11) is 11.7. The Kier molecular flexibility index (Phi) is 58.4. The van der Waals surface area contributed by atoms with Gasteiger partial charge in [0.25, 0.3) is 0 Å². The van der Waals surface area contributed by atoms with Crippen LogP contribution in [0.15, 0.2) is 116 Å². The molecule has 0 aliphatic rings. The first-order chi connectivity index (χ1) is 42.9. The van der Waals surface area contributed by atoms with Crippen molar-refractivity contribution in [2.24, 2.45) is 25.3 Å². The third-order valence-corrected chi connectivity index (χ3v) is 13.8. The van der Waals surface area contributed by atoms with E-state index in [1.165, 1.54) is 89.2 Å². The second-order valence-electron chi connectivity index (χ2n) is 21.6. The molecule has 510 valence electrons. The molecule has 0 saturated carbocycles. The van der Waals surface area contributed by atoms with E-state index in [0.717, 1.165) is 87.1 Å². The fourth-order valence-corrected chi connectivity index (χ4v) is 9.73. The molecule has 0 atom stereocenters. The third-order valence-electron chi connectivity index (χ3n) is 13.8. The normalized spacial score (nSPS) is 10.9. The lowest BCUT2D eigenvalue weighted by atomic mass is 9.95. The van der Waals surface area contributed by atoms with Crippen molar-refractivity contribution in [1.82, 2.24) is 15.0 Å². The zero-order valence-corrected chi connectivity index (χ0v) is 65.5. The number of aryl methyl sites for hydroxylation is 9. The monoisotopic (exact) mass is 1240 g/mol. The van der Waals surface area contributed by atoms with E-state index in [-0.39, 0.29) is 0 Å². The predicted octanol–water partition coefficient (Wildman–Crippen LogP) is 22.5. The fraction of sp³-hybridized carbons (Fsp3) is 0.573. The number of hydrogen-bond acceptors (Lipinski definition) is 8. The summed E-state index contributed by atoms with van der Waals surface area (Å²) in [6.45, 7) is 60.9. The molecule has 8 heteroatoms. The molecule has 90 heavy (non-hydrogen) atoms. The van der Waals surface area contributed by atoms with Crippen LogP contribution >= 0.6 is 0 Å². The van der Waals surface area contributed by atoms with Crippen molar-refractivity contribution in [2.75, 3.05) is 42.3 Å². The Hall–Kier alpha value is -6.15. The first-order valence-electron chi connectivity index (χ1n) is 35.3. The van der Waals surface area contributed by atoms with Gasteiger partial charge >= 0.3 is 0 Å². The van der Waals surface area contributed by atoms with Crippen LogP contribution in [0.5, 0.6) is 0 Å². The first kappa shape index (κ1) is 92.6. The summed E-state index contributed by atoms with van der Waals surface area (Å²) in [5, 5.41) is 18.9. The summed E-state index contributed by atoms with van der Waals surface area (Å²) < 4.78 is 0. The second kappa shape index (κ2) is 56.8. The highest BCUT2D eigenvalue weighted by Crippen LogP contribution is 2.20. The van der Waals surface area contributed by atoms with Gasteiger partial charge in [-0.1, -0.05) is 205 Å². The zero-order valence-electron chi connectivity index (χ0n) is 65.5. The fourth-order valence-electron chi connectivity index (χ4n) is 9.73. The smallest absolute Gasteiger partial charge is 0.0649 e. The molecule has 8 nitrogen and oxygen atoms in total. The van der Waals surface area contributed by atoms with Gasteiger partial charge in [0.1, 0.15) is 0 Å². The number of rotatable bonds is 20. The molecule has 0 unspecified atom stereocenters. The Bertz CT molecular complexity index is 2580. The molecule has 0 aromatic heterocycles. The number of nitrogens with zero attached hydrogens (tertiary/aromatic N) is 8. The van der Waals surface area contributed by atoms with Crippen LogP contribution < -0.4 is 0 Å². The van der Waals surface area contributed by atoms with Crippen molar-refractivity contribution in [3.05, 3.63) is 174 Å². The van der Waals surface area contributed by atoms with Gasteiger partial charge in [-0.2, -0.15) is 15.3 Å². The van der Waals surface area contributed by atoms with Crippen LogP contribution in [0.2, 0.25) is 0 Å². The summed E-state index contributed by atoms with van der Waals surface area (Å²) in [4.78, 5) is 9.24. The van der Waals surface area contributed by atoms with E-state index in [1.54, 1.807) is 0 Å². The molecule has 5 rings (SSSR count). The maximum atomic E-state index is 4.65. The Morgan fingerprint density at radius 2 is 0.611 bits per heavy atom. The van der Waals surface area contributed by atoms with E-state index < -0.39 is 0 Å². The lowest BCUT2D eigenvalue weighted by Gasteiger charge is -2.14. The minimum Gasteiger partial charge on any atom is -0.303 e. The first-order valence-corrected chi connectivity index (χ1v) is 35.3. The Labute approximate surface area is 559 Å². The van der Waals surface area contributed by atoms with E-state index in [9.17, 15) is 0 Å². The quantitative estimate of drug-likeness (QED) is 0.0576. The van der Waals surface area contributed by atoms with Gasteiger partial charge in [-0.25, -0.2) is 0 Å². The molecular weight excluding hydrogens is 1100 g/mol. The SMILES string of the molecule is CC.CC.CC.CC.CC.CCc1ccc(/C(C)=N/N(C)C)cc1CC.CCc1ccc(C(C)=NC(C)C)cc1CC.CCc1ccc(CC)c(/C(C)=N/N(C)C)c1.CCc1ccc(CC)c(C(C)=NC(C)C)c1.CCc1cccc(/C(C)=N/N(C)C)c1CC. The van der Waals surface area contributed by atoms with Crippen molar-refractivity contribution in [3.63, 3.8) is 0 Å². The molecule has 0 heterocycles. The van der Waals surface area contributed by atoms with Crippen molar-refractivity contribution in [3.8, 4) is 0 Å². The van der Waals surface area contributed by atoms with E-state index in [4.69, 9.17) is 0 Å². The molecular formula is C82H142N8. The molecule has 0 bridgehead atoms. The molecule has 0 N–H and O–H groups in total. The van der Waals surface area contributed by atoms with Gasteiger partial charge in [0.05, 0.1) is 17.1 Å². The van der Waals surface area contributed by atoms with Crippen LogP contribution in [-0.2, 0) is 64.2 Å². The molecule has 0 saturated heterocycles. The number of hydrazone groups is 3. The minimum atomic E-state index is 0.370. The second-order valence-corrected chi connectivity index (χ2v) is 21.6. The zero-order chi connectivity index (χ0) is 70.6. The Balaban J connectivity index is -0.000000322. The summed E-state index contributed by atoms with van der Waals surface area (Å²) in [5.74, 6) is 0. The minimum absolute atomic E-state index is 0.370. The lowest BCUT2D eigenvalue weighted by molar-refractivity contribution is 0.437. The highest BCUT2D eigenvalue weighted by atomic mass is 15.4. The van der Waals surface area contributed by atoms with E-state index in [2.05, 4.69) is 248 Å². The van der Waals surface area contributed by atoms with Gasteiger partial charge in [-0.15, -0.1) is 0 Å². The van der Waals surface area contributed by atoms with Gasteiger partial charge in [0, 0.05) is 76.9 Å². The maximum absolute atomic E-state index is 4.65. The highest BCUT2D eigenvalue weighted by molar-refractivity contribution is 6.02. The standard InChI is InChI=1S/2C15H23N.3C14H22N2.5C2H6/c1-6-13-8-9-15(10-14(13)7-2)12(5)16-11(3)4;1-6-13-8-9-14(7-2)15(10-13)12(5)16-11(3)4;1-6-12-8-9-14(10-13(12)7-2)11(3)15-16(4)5;1-6-12-8-9-13(7-2)14(10-12)11(3)15-16(4)5;1-6-12-9-8-10-14(13(12)7-2)11(3)15-16(4)5;5*1-2/h2*8-11H,6-7H2,1-5H3;3*8-10H,6-7H2,1-5H3;5*1-2H3/b;;3*15-11+;;;;;. The van der Waals surface area contributed by atoms with E-state index in [1.807, 2.05) is 127 Å².